The first-order valence-corrected chi connectivity index (χ1v) is 7.39. The van der Waals surface area contributed by atoms with Gasteiger partial charge in [0, 0.05) is 42.8 Å². The van der Waals surface area contributed by atoms with Crippen LogP contribution in [0.3, 0.4) is 0 Å². The smallest absolute Gasteiger partial charge is 0.120 e. The van der Waals surface area contributed by atoms with Crippen LogP contribution in [-0.2, 0) is 0 Å². The first kappa shape index (κ1) is 14.6. The highest BCUT2D eigenvalue weighted by Gasteiger charge is 2.25. The van der Waals surface area contributed by atoms with E-state index in [1.54, 1.807) is 12.1 Å². The summed E-state index contributed by atoms with van der Waals surface area (Å²) in [6.07, 6.45) is 1.04. The molecule has 3 nitrogen and oxygen atoms in total. The second-order valence-corrected chi connectivity index (χ2v) is 6.07. The lowest BCUT2D eigenvalue weighted by atomic mass is 9.94. The molecule has 0 saturated carbocycles. The van der Waals surface area contributed by atoms with Crippen molar-refractivity contribution in [3.63, 3.8) is 0 Å². The lowest BCUT2D eigenvalue weighted by Gasteiger charge is -2.36. The SMILES string of the molecule is CC(C)C[C@@H](c1cc(Cl)ccc1O)N1CCNCC1. The molecule has 1 heterocycles. The summed E-state index contributed by atoms with van der Waals surface area (Å²) >= 11 is 6.09. The number of benzene rings is 1. The van der Waals surface area contributed by atoms with Crippen LogP contribution in [0.2, 0.25) is 5.02 Å². The van der Waals surface area contributed by atoms with Crippen LogP contribution in [0.15, 0.2) is 18.2 Å². The molecule has 1 aromatic carbocycles. The molecule has 0 radical (unpaired) electrons. The van der Waals surface area contributed by atoms with E-state index in [9.17, 15) is 5.11 Å². The third kappa shape index (κ3) is 3.85. The maximum Gasteiger partial charge on any atom is 0.120 e. The van der Waals surface area contributed by atoms with E-state index in [1.165, 1.54) is 0 Å². The highest BCUT2D eigenvalue weighted by atomic mass is 35.5. The third-order valence-corrected chi connectivity index (χ3v) is 3.87. The lowest BCUT2D eigenvalue weighted by molar-refractivity contribution is 0.151. The van der Waals surface area contributed by atoms with Gasteiger partial charge in [0.2, 0.25) is 0 Å². The van der Waals surface area contributed by atoms with Crippen molar-refractivity contribution in [3.05, 3.63) is 28.8 Å². The van der Waals surface area contributed by atoms with Crippen molar-refractivity contribution >= 4 is 11.6 Å². The van der Waals surface area contributed by atoms with Crippen LogP contribution < -0.4 is 5.32 Å². The molecule has 1 fully saturated rings. The maximum absolute atomic E-state index is 10.1. The fourth-order valence-electron chi connectivity index (χ4n) is 2.71. The second-order valence-electron chi connectivity index (χ2n) is 5.63. The van der Waals surface area contributed by atoms with E-state index in [0.717, 1.165) is 38.2 Å². The average molecular weight is 283 g/mol. The maximum atomic E-state index is 10.1. The Kier molecular flexibility index (Phi) is 5.08. The van der Waals surface area contributed by atoms with Gasteiger partial charge in [-0.1, -0.05) is 25.4 Å². The van der Waals surface area contributed by atoms with Crippen molar-refractivity contribution in [3.8, 4) is 5.75 Å². The molecule has 106 valence electrons. The Balaban J connectivity index is 2.27. The summed E-state index contributed by atoms with van der Waals surface area (Å²) in [6.45, 7) is 8.49. The molecule has 4 heteroatoms. The molecule has 0 bridgehead atoms. The molecule has 0 spiro atoms. The monoisotopic (exact) mass is 282 g/mol. The van der Waals surface area contributed by atoms with Crippen molar-refractivity contribution < 1.29 is 5.11 Å². The molecule has 1 aliphatic heterocycles. The van der Waals surface area contributed by atoms with E-state index >= 15 is 0 Å². The van der Waals surface area contributed by atoms with Crippen LogP contribution in [0.1, 0.15) is 31.9 Å². The van der Waals surface area contributed by atoms with Crippen molar-refractivity contribution in [1.82, 2.24) is 10.2 Å². The standard InChI is InChI=1S/C15H23ClN2O/c1-11(2)9-14(18-7-5-17-6-8-18)13-10-12(16)3-4-15(13)19/h3-4,10-11,14,17,19H,5-9H2,1-2H3/t14-/m0/s1. The van der Waals surface area contributed by atoms with Gasteiger partial charge in [0.15, 0.2) is 0 Å². The zero-order valence-electron chi connectivity index (χ0n) is 11.7. The number of hydrogen-bond donors (Lipinski definition) is 2. The van der Waals surface area contributed by atoms with Gasteiger partial charge in [0.25, 0.3) is 0 Å². The number of phenols is 1. The number of rotatable bonds is 4. The number of phenolic OH excluding ortho intramolecular Hbond substituents is 1. The summed E-state index contributed by atoms with van der Waals surface area (Å²) in [5, 5.41) is 14.2. The van der Waals surface area contributed by atoms with Crippen molar-refractivity contribution in [2.45, 2.75) is 26.3 Å². The fourth-order valence-corrected chi connectivity index (χ4v) is 2.89. The first-order valence-electron chi connectivity index (χ1n) is 7.01. The van der Waals surface area contributed by atoms with Gasteiger partial charge in [0.05, 0.1) is 0 Å². The Bertz CT molecular complexity index is 417. The van der Waals surface area contributed by atoms with Gasteiger partial charge in [-0.3, -0.25) is 4.90 Å². The Morgan fingerprint density at radius 2 is 2.00 bits per heavy atom. The highest BCUT2D eigenvalue weighted by molar-refractivity contribution is 6.30. The molecule has 0 amide bonds. The third-order valence-electron chi connectivity index (χ3n) is 3.64. The summed E-state index contributed by atoms with van der Waals surface area (Å²) < 4.78 is 0. The molecule has 2 rings (SSSR count). The van der Waals surface area contributed by atoms with Gasteiger partial charge >= 0.3 is 0 Å². The summed E-state index contributed by atoms with van der Waals surface area (Å²) in [6, 6.07) is 5.60. The quantitative estimate of drug-likeness (QED) is 0.891. The molecule has 1 aromatic rings. The summed E-state index contributed by atoms with van der Waals surface area (Å²) in [5.74, 6) is 0.937. The number of nitrogens with zero attached hydrogens (tertiary/aromatic N) is 1. The summed E-state index contributed by atoms with van der Waals surface area (Å²) in [7, 11) is 0. The molecule has 0 unspecified atom stereocenters. The van der Waals surface area contributed by atoms with Gasteiger partial charge in [-0.05, 0) is 30.5 Å². The molecule has 0 aliphatic carbocycles. The zero-order valence-corrected chi connectivity index (χ0v) is 12.5. The number of hydrogen-bond acceptors (Lipinski definition) is 3. The van der Waals surface area contributed by atoms with Crippen LogP contribution in [0.4, 0.5) is 0 Å². The van der Waals surface area contributed by atoms with Gasteiger partial charge < -0.3 is 10.4 Å². The van der Waals surface area contributed by atoms with Crippen LogP contribution in [0, 0.1) is 5.92 Å². The minimum absolute atomic E-state index is 0.251. The van der Waals surface area contributed by atoms with Crippen LogP contribution in [0.5, 0.6) is 5.75 Å². The van der Waals surface area contributed by atoms with E-state index in [-0.39, 0.29) is 6.04 Å². The van der Waals surface area contributed by atoms with E-state index in [0.29, 0.717) is 16.7 Å². The van der Waals surface area contributed by atoms with E-state index in [1.807, 2.05) is 6.07 Å². The molecular weight excluding hydrogens is 260 g/mol. The van der Waals surface area contributed by atoms with E-state index in [2.05, 4.69) is 24.1 Å². The van der Waals surface area contributed by atoms with Gasteiger partial charge in [0.1, 0.15) is 5.75 Å². The van der Waals surface area contributed by atoms with Crippen molar-refractivity contribution in [2.75, 3.05) is 26.2 Å². The second kappa shape index (κ2) is 6.60. The molecule has 2 N–H and O–H groups in total. The van der Waals surface area contributed by atoms with E-state index in [4.69, 9.17) is 11.6 Å². The van der Waals surface area contributed by atoms with Crippen LogP contribution >= 0.6 is 11.6 Å². The summed E-state index contributed by atoms with van der Waals surface area (Å²) in [5.41, 5.74) is 0.961. The lowest BCUT2D eigenvalue weighted by Crippen LogP contribution is -2.45. The Labute approximate surface area is 120 Å². The highest BCUT2D eigenvalue weighted by Crippen LogP contribution is 2.35. The molecule has 0 aromatic heterocycles. The van der Waals surface area contributed by atoms with Gasteiger partial charge in [-0.15, -0.1) is 0 Å². The molecular formula is C15H23ClN2O. The summed E-state index contributed by atoms with van der Waals surface area (Å²) in [4.78, 5) is 2.45. The number of halogens is 1. The minimum Gasteiger partial charge on any atom is -0.508 e. The van der Waals surface area contributed by atoms with Gasteiger partial charge in [-0.25, -0.2) is 0 Å². The Morgan fingerprint density at radius 1 is 1.32 bits per heavy atom. The van der Waals surface area contributed by atoms with Crippen LogP contribution in [0.25, 0.3) is 0 Å². The van der Waals surface area contributed by atoms with Crippen molar-refractivity contribution in [1.29, 1.82) is 0 Å². The Hall–Kier alpha value is -0.770. The zero-order chi connectivity index (χ0) is 13.8. The molecule has 19 heavy (non-hydrogen) atoms. The van der Waals surface area contributed by atoms with Crippen LogP contribution in [-0.4, -0.2) is 36.2 Å². The number of piperazine rings is 1. The number of aromatic hydroxyl groups is 1. The predicted molar refractivity (Wildman–Crippen MR) is 79.8 cm³/mol. The Morgan fingerprint density at radius 3 is 2.63 bits per heavy atom. The molecule has 1 saturated heterocycles. The van der Waals surface area contributed by atoms with Gasteiger partial charge in [-0.2, -0.15) is 0 Å². The largest absolute Gasteiger partial charge is 0.508 e. The molecule has 1 atom stereocenters. The normalized spacial score (nSPS) is 18.7. The average Bonchev–Trinajstić information content (AvgIpc) is 2.40. The molecule has 1 aliphatic rings. The first-order chi connectivity index (χ1) is 9.08. The topological polar surface area (TPSA) is 35.5 Å². The minimum atomic E-state index is 0.251. The predicted octanol–water partition coefficient (Wildman–Crippen LogP) is 3.04. The van der Waals surface area contributed by atoms with Crippen molar-refractivity contribution in [2.24, 2.45) is 5.92 Å². The number of nitrogens with one attached hydrogen (secondary N) is 1. The fraction of sp³-hybridized carbons (Fsp3) is 0.600. The van der Waals surface area contributed by atoms with E-state index < -0.39 is 0 Å².